The molecule has 7 nitrogen and oxygen atoms in total. The molecule has 1 aromatic heterocycles. The van der Waals surface area contributed by atoms with Crippen molar-refractivity contribution >= 4 is 28.3 Å². The standard InChI is InChI=1S/C23H22N4O3/c1-14(19-15-6-2-3-7-16(15)20(28)26-25-19)21(29)27-12-10-23(11-13-27)17-8-4-5-9-18(17)24-22(23)30/h2-9,14H,10-13H2,1H3,(H,24,30)(H,26,28). The van der Waals surface area contributed by atoms with Gasteiger partial charge in [0.05, 0.1) is 22.4 Å². The van der Waals surface area contributed by atoms with Crippen molar-refractivity contribution in [3.05, 3.63) is 70.1 Å². The molecule has 1 unspecified atom stereocenters. The average molecular weight is 402 g/mol. The van der Waals surface area contributed by atoms with Gasteiger partial charge in [-0.1, -0.05) is 36.4 Å². The molecule has 1 atom stereocenters. The van der Waals surface area contributed by atoms with Crippen LogP contribution in [-0.2, 0) is 15.0 Å². The minimum Gasteiger partial charge on any atom is -0.342 e. The van der Waals surface area contributed by atoms with E-state index in [2.05, 4.69) is 15.5 Å². The van der Waals surface area contributed by atoms with Crippen molar-refractivity contribution in [1.82, 2.24) is 15.1 Å². The molecule has 7 heteroatoms. The second kappa shape index (κ2) is 6.79. The molecule has 0 bridgehead atoms. The molecule has 1 fully saturated rings. The Kier molecular flexibility index (Phi) is 4.20. The van der Waals surface area contributed by atoms with E-state index in [4.69, 9.17) is 0 Å². The SMILES string of the molecule is CC(C(=O)N1CCC2(CC1)C(=O)Nc1ccccc12)c1n[nH]c(=O)c2ccccc12. The fourth-order valence-electron chi connectivity index (χ4n) is 4.84. The number of nitrogens with one attached hydrogen (secondary N) is 2. The predicted molar refractivity (Wildman–Crippen MR) is 113 cm³/mol. The fraction of sp³-hybridized carbons (Fsp3) is 0.304. The molecule has 0 saturated carbocycles. The van der Waals surface area contributed by atoms with E-state index < -0.39 is 11.3 Å². The smallest absolute Gasteiger partial charge is 0.272 e. The number of carbonyl (C=O) groups excluding carboxylic acids is 2. The number of piperidine rings is 1. The Hall–Kier alpha value is -3.48. The lowest BCUT2D eigenvalue weighted by Gasteiger charge is -2.38. The molecule has 2 amide bonds. The Bertz CT molecular complexity index is 1220. The largest absolute Gasteiger partial charge is 0.342 e. The normalized spacial score (nSPS) is 18.3. The highest BCUT2D eigenvalue weighted by molar-refractivity contribution is 6.06. The molecule has 3 aromatic rings. The minimum absolute atomic E-state index is 0.0251. The van der Waals surface area contributed by atoms with E-state index in [1.54, 1.807) is 12.1 Å². The van der Waals surface area contributed by atoms with E-state index in [1.807, 2.05) is 48.2 Å². The van der Waals surface area contributed by atoms with Crippen LogP contribution in [0.5, 0.6) is 0 Å². The molecule has 152 valence electrons. The van der Waals surface area contributed by atoms with E-state index in [9.17, 15) is 14.4 Å². The lowest BCUT2D eigenvalue weighted by molar-refractivity contribution is -0.136. The predicted octanol–water partition coefficient (Wildman–Crippen LogP) is 2.54. The summed E-state index contributed by atoms with van der Waals surface area (Å²) in [5.41, 5.74) is 1.65. The maximum absolute atomic E-state index is 13.3. The zero-order valence-electron chi connectivity index (χ0n) is 16.6. The van der Waals surface area contributed by atoms with Crippen LogP contribution in [0.2, 0.25) is 0 Å². The third kappa shape index (κ3) is 2.65. The number of carbonyl (C=O) groups is 2. The van der Waals surface area contributed by atoms with E-state index in [0.717, 1.165) is 11.3 Å². The van der Waals surface area contributed by atoms with Crippen molar-refractivity contribution in [2.45, 2.75) is 31.1 Å². The van der Waals surface area contributed by atoms with Crippen LogP contribution in [0, 0.1) is 0 Å². The number of H-pyrrole nitrogens is 1. The molecular formula is C23H22N4O3. The van der Waals surface area contributed by atoms with E-state index in [-0.39, 0.29) is 17.4 Å². The molecule has 0 aliphatic carbocycles. The van der Waals surface area contributed by atoms with Gasteiger partial charge in [-0.05, 0) is 37.5 Å². The van der Waals surface area contributed by atoms with Crippen LogP contribution in [0.1, 0.15) is 36.9 Å². The highest BCUT2D eigenvalue weighted by Gasteiger charge is 2.49. The summed E-state index contributed by atoms with van der Waals surface area (Å²) in [4.78, 5) is 39.9. The van der Waals surface area contributed by atoms with Gasteiger partial charge in [0.25, 0.3) is 5.56 Å². The number of rotatable bonds is 2. The number of amides is 2. The van der Waals surface area contributed by atoms with Gasteiger partial charge in [0.15, 0.2) is 0 Å². The van der Waals surface area contributed by atoms with Gasteiger partial charge in [-0.3, -0.25) is 14.4 Å². The first kappa shape index (κ1) is 18.5. The average Bonchev–Trinajstić information content (AvgIpc) is 3.05. The van der Waals surface area contributed by atoms with Crippen LogP contribution in [0.3, 0.4) is 0 Å². The van der Waals surface area contributed by atoms with Crippen LogP contribution in [0.25, 0.3) is 10.8 Å². The van der Waals surface area contributed by atoms with Gasteiger partial charge in [-0.2, -0.15) is 5.10 Å². The van der Waals surface area contributed by atoms with Gasteiger partial charge < -0.3 is 10.2 Å². The van der Waals surface area contributed by atoms with Gasteiger partial charge in [-0.25, -0.2) is 5.10 Å². The number of anilines is 1. The summed E-state index contributed by atoms with van der Waals surface area (Å²) >= 11 is 0. The number of hydrogen-bond donors (Lipinski definition) is 2. The number of nitrogens with zero attached hydrogens (tertiary/aromatic N) is 2. The van der Waals surface area contributed by atoms with Crippen molar-refractivity contribution in [2.24, 2.45) is 0 Å². The summed E-state index contributed by atoms with van der Waals surface area (Å²) < 4.78 is 0. The monoisotopic (exact) mass is 402 g/mol. The van der Waals surface area contributed by atoms with Crippen molar-refractivity contribution in [3.8, 4) is 0 Å². The second-order valence-corrected chi connectivity index (χ2v) is 8.11. The summed E-state index contributed by atoms with van der Waals surface area (Å²) in [6, 6.07) is 15.0. The van der Waals surface area contributed by atoms with Crippen LogP contribution in [0.15, 0.2) is 53.3 Å². The molecule has 1 spiro atoms. The first-order valence-electron chi connectivity index (χ1n) is 10.2. The lowest BCUT2D eigenvalue weighted by Crippen LogP contribution is -2.49. The molecule has 2 aliphatic heterocycles. The van der Waals surface area contributed by atoms with Crippen molar-refractivity contribution in [3.63, 3.8) is 0 Å². The molecule has 5 rings (SSSR count). The second-order valence-electron chi connectivity index (χ2n) is 8.11. The third-order valence-corrected chi connectivity index (χ3v) is 6.56. The molecule has 2 aliphatic rings. The maximum atomic E-state index is 13.3. The van der Waals surface area contributed by atoms with Crippen LogP contribution in [-0.4, -0.2) is 40.0 Å². The van der Waals surface area contributed by atoms with Crippen LogP contribution < -0.4 is 10.9 Å². The number of hydrogen-bond acceptors (Lipinski definition) is 4. The zero-order valence-corrected chi connectivity index (χ0v) is 16.6. The first-order chi connectivity index (χ1) is 14.5. The fourth-order valence-corrected chi connectivity index (χ4v) is 4.84. The van der Waals surface area contributed by atoms with Gasteiger partial charge in [0, 0.05) is 24.2 Å². The first-order valence-corrected chi connectivity index (χ1v) is 10.2. The number of fused-ring (bicyclic) bond motifs is 3. The summed E-state index contributed by atoms with van der Waals surface area (Å²) in [5, 5.41) is 10.9. The number of aromatic amines is 1. The van der Waals surface area contributed by atoms with Gasteiger partial charge >= 0.3 is 0 Å². The molecule has 0 radical (unpaired) electrons. The number of likely N-dealkylation sites (tertiary alicyclic amines) is 1. The van der Waals surface area contributed by atoms with Crippen molar-refractivity contribution in [1.29, 1.82) is 0 Å². The Morgan fingerprint density at radius 3 is 2.47 bits per heavy atom. The number of aromatic nitrogens is 2. The maximum Gasteiger partial charge on any atom is 0.272 e. The molecule has 1 saturated heterocycles. The Morgan fingerprint density at radius 2 is 1.70 bits per heavy atom. The highest BCUT2D eigenvalue weighted by atomic mass is 16.2. The van der Waals surface area contributed by atoms with E-state index in [1.165, 1.54) is 0 Å². The zero-order chi connectivity index (χ0) is 20.9. The van der Waals surface area contributed by atoms with Crippen LogP contribution in [0.4, 0.5) is 5.69 Å². The minimum atomic E-state index is -0.556. The Labute approximate surface area is 173 Å². The summed E-state index contributed by atoms with van der Waals surface area (Å²) in [6.45, 7) is 2.83. The van der Waals surface area contributed by atoms with Crippen molar-refractivity contribution < 1.29 is 9.59 Å². The third-order valence-electron chi connectivity index (χ3n) is 6.56. The van der Waals surface area contributed by atoms with E-state index in [0.29, 0.717) is 42.4 Å². The summed E-state index contributed by atoms with van der Waals surface area (Å²) in [7, 11) is 0. The number of para-hydroxylation sites is 1. The highest BCUT2D eigenvalue weighted by Crippen LogP contribution is 2.45. The Morgan fingerprint density at radius 1 is 1.03 bits per heavy atom. The molecule has 3 heterocycles. The van der Waals surface area contributed by atoms with E-state index >= 15 is 0 Å². The van der Waals surface area contributed by atoms with Crippen molar-refractivity contribution in [2.75, 3.05) is 18.4 Å². The summed E-state index contributed by atoms with van der Waals surface area (Å²) in [6.07, 6.45) is 1.18. The lowest BCUT2D eigenvalue weighted by atomic mass is 9.73. The molecule has 30 heavy (non-hydrogen) atoms. The Balaban J connectivity index is 1.39. The topological polar surface area (TPSA) is 95.2 Å². The quantitative estimate of drug-likeness (QED) is 0.689. The van der Waals surface area contributed by atoms with Crippen LogP contribution >= 0.6 is 0 Å². The molecular weight excluding hydrogens is 380 g/mol. The van der Waals surface area contributed by atoms with Gasteiger partial charge in [0.1, 0.15) is 0 Å². The van der Waals surface area contributed by atoms with Gasteiger partial charge in [0.2, 0.25) is 11.8 Å². The van der Waals surface area contributed by atoms with Gasteiger partial charge in [-0.15, -0.1) is 0 Å². The molecule has 2 aromatic carbocycles. The number of benzene rings is 2. The summed E-state index contributed by atoms with van der Waals surface area (Å²) in [5.74, 6) is -0.510. The molecule has 2 N–H and O–H groups in total.